The number of aliphatic carboxylic acids is 1. The summed E-state index contributed by atoms with van der Waals surface area (Å²) in [5.41, 5.74) is -1.39. The number of carbonyl (C=O) groups is 2. The van der Waals surface area contributed by atoms with Crippen molar-refractivity contribution in [3.63, 3.8) is 0 Å². The lowest BCUT2D eigenvalue weighted by Crippen LogP contribution is -2.53. The number of carboxylic acids is 1. The minimum Gasteiger partial charge on any atom is -0.480 e. The van der Waals surface area contributed by atoms with Crippen LogP contribution in [0, 0.1) is 0 Å². The number of carbonyl (C=O) groups excluding carboxylic acids is 1. The van der Waals surface area contributed by atoms with E-state index in [0.29, 0.717) is 0 Å². The van der Waals surface area contributed by atoms with Gasteiger partial charge in [-0.1, -0.05) is 0 Å². The standard InChI is InChI=1S/C7H13NO3/c1-5(9)7(2,6(10)11)8(3)4/h1-4H3,(H,10,11). The molecule has 0 bridgehead atoms. The van der Waals surface area contributed by atoms with Crippen molar-refractivity contribution in [2.24, 2.45) is 0 Å². The van der Waals surface area contributed by atoms with E-state index < -0.39 is 11.5 Å². The fraction of sp³-hybridized carbons (Fsp3) is 0.714. The number of hydrogen-bond acceptors (Lipinski definition) is 3. The highest BCUT2D eigenvalue weighted by molar-refractivity contribution is 6.06. The van der Waals surface area contributed by atoms with Crippen molar-refractivity contribution in [2.45, 2.75) is 19.4 Å². The van der Waals surface area contributed by atoms with Crippen LogP contribution in [-0.4, -0.2) is 41.4 Å². The zero-order valence-electron chi connectivity index (χ0n) is 7.21. The summed E-state index contributed by atoms with van der Waals surface area (Å²) in [6, 6.07) is 0. The first-order valence-corrected chi connectivity index (χ1v) is 3.25. The van der Waals surface area contributed by atoms with Gasteiger partial charge in [0.05, 0.1) is 0 Å². The van der Waals surface area contributed by atoms with Crippen molar-refractivity contribution in [2.75, 3.05) is 14.1 Å². The predicted molar refractivity (Wildman–Crippen MR) is 40.4 cm³/mol. The van der Waals surface area contributed by atoms with Gasteiger partial charge in [-0.2, -0.15) is 0 Å². The largest absolute Gasteiger partial charge is 0.480 e. The molecular weight excluding hydrogens is 146 g/mol. The summed E-state index contributed by atoms with van der Waals surface area (Å²) in [4.78, 5) is 23.0. The summed E-state index contributed by atoms with van der Waals surface area (Å²) in [6.07, 6.45) is 0. The molecule has 1 N–H and O–H groups in total. The maximum Gasteiger partial charge on any atom is 0.331 e. The van der Waals surface area contributed by atoms with E-state index in [-0.39, 0.29) is 5.78 Å². The highest BCUT2D eigenvalue weighted by atomic mass is 16.4. The number of carboxylic acid groups (broad SMARTS) is 1. The molecule has 0 spiro atoms. The quantitative estimate of drug-likeness (QED) is 0.588. The van der Waals surface area contributed by atoms with Gasteiger partial charge in [0.1, 0.15) is 0 Å². The Balaban J connectivity index is 4.82. The van der Waals surface area contributed by atoms with Crippen LogP contribution >= 0.6 is 0 Å². The summed E-state index contributed by atoms with van der Waals surface area (Å²) >= 11 is 0. The van der Waals surface area contributed by atoms with Crippen molar-refractivity contribution >= 4 is 11.8 Å². The van der Waals surface area contributed by atoms with Gasteiger partial charge >= 0.3 is 5.97 Å². The molecule has 64 valence electrons. The minimum absolute atomic E-state index is 0.366. The first kappa shape index (κ1) is 10.1. The van der Waals surface area contributed by atoms with Crippen LogP contribution in [0.1, 0.15) is 13.8 Å². The first-order chi connectivity index (χ1) is 4.83. The molecule has 0 saturated heterocycles. The average molecular weight is 159 g/mol. The Morgan fingerprint density at radius 2 is 1.73 bits per heavy atom. The van der Waals surface area contributed by atoms with Crippen LogP contribution in [0.15, 0.2) is 0 Å². The molecule has 0 aromatic rings. The Morgan fingerprint density at radius 1 is 1.36 bits per heavy atom. The summed E-state index contributed by atoms with van der Waals surface area (Å²) in [7, 11) is 3.13. The van der Waals surface area contributed by atoms with E-state index in [4.69, 9.17) is 5.11 Å². The van der Waals surface area contributed by atoms with Crippen LogP contribution in [0.2, 0.25) is 0 Å². The molecule has 0 aromatic heterocycles. The van der Waals surface area contributed by atoms with E-state index in [9.17, 15) is 9.59 Å². The lowest BCUT2D eigenvalue weighted by Gasteiger charge is -2.28. The van der Waals surface area contributed by atoms with Gasteiger partial charge in [-0.05, 0) is 27.9 Å². The number of Topliss-reactive ketones (excluding diaryl/α,β-unsaturated/α-hetero) is 1. The molecule has 0 aliphatic carbocycles. The maximum atomic E-state index is 10.9. The Hall–Kier alpha value is -0.900. The minimum atomic E-state index is -1.39. The maximum absolute atomic E-state index is 10.9. The third kappa shape index (κ3) is 1.57. The highest BCUT2D eigenvalue weighted by Crippen LogP contribution is 2.12. The SMILES string of the molecule is CC(=O)C(C)(C(=O)O)N(C)C. The van der Waals surface area contributed by atoms with Crippen LogP contribution in [0.3, 0.4) is 0 Å². The Labute approximate surface area is 65.8 Å². The molecule has 1 atom stereocenters. The van der Waals surface area contributed by atoms with Gasteiger partial charge in [-0.25, -0.2) is 4.79 Å². The number of ketones is 1. The van der Waals surface area contributed by atoms with Crippen LogP contribution in [-0.2, 0) is 9.59 Å². The van der Waals surface area contributed by atoms with Crippen molar-refractivity contribution < 1.29 is 14.7 Å². The van der Waals surface area contributed by atoms with Crippen molar-refractivity contribution in [1.29, 1.82) is 0 Å². The second kappa shape index (κ2) is 3.00. The van der Waals surface area contributed by atoms with Gasteiger partial charge in [0, 0.05) is 0 Å². The van der Waals surface area contributed by atoms with Crippen molar-refractivity contribution in [3.8, 4) is 0 Å². The summed E-state index contributed by atoms with van der Waals surface area (Å²) in [6.45, 7) is 2.66. The van der Waals surface area contributed by atoms with Crippen LogP contribution in [0.4, 0.5) is 0 Å². The molecule has 0 saturated carbocycles. The summed E-state index contributed by atoms with van der Waals surface area (Å²) in [5.74, 6) is -1.48. The monoisotopic (exact) mass is 159 g/mol. The van der Waals surface area contributed by atoms with Crippen molar-refractivity contribution in [3.05, 3.63) is 0 Å². The third-order valence-electron chi connectivity index (χ3n) is 2.00. The first-order valence-electron chi connectivity index (χ1n) is 3.25. The Kier molecular flexibility index (Phi) is 2.76. The Bertz CT molecular complexity index is 172. The van der Waals surface area contributed by atoms with Gasteiger partial charge < -0.3 is 5.11 Å². The van der Waals surface area contributed by atoms with E-state index in [1.165, 1.54) is 18.7 Å². The van der Waals surface area contributed by atoms with Gasteiger partial charge in [0.2, 0.25) is 0 Å². The zero-order valence-corrected chi connectivity index (χ0v) is 7.21. The number of rotatable bonds is 3. The number of likely N-dealkylation sites (N-methyl/N-ethyl adjacent to an activating group) is 1. The van der Waals surface area contributed by atoms with Crippen molar-refractivity contribution in [1.82, 2.24) is 4.90 Å². The third-order valence-corrected chi connectivity index (χ3v) is 2.00. The second-order valence-corrected chi connectivity index (χ2v) is 2.83. The fourth-order valence-corrected chi connectivity index (χ4v) is 0.657. The topological polar surface area (TPSA) is 57.6 Å². The summed E-state index contributed by atoms with van der Waals surface area (Å²) < 4.78 is 0. The molecule has 0 aromatic carbocycles. The molecule has 4 heteroatoms. The number of hydrogen-bond donors (Lipinski definition) is 1. The molecule has 0 heterocycles. The average Bonchev–Trinajstić information content (AvgIpc) is 1.84. The fourth-order valence-electron chi connectivity index (χ4n) is 0.657. The molecular formula is C7H13NO3. The zero-order chi connectivity index (χ0) is 9.23. The second-order valence-electron chi connectivity index (χ2n) is 2.83. The molecule has 11 heavy (non-hydrogen) atoms. The van der Waals surface area contributed by atoms with E-state index in [2.05, 4.69) is 0 Å². The smallest absolute Gasteiger partial charge is 0.331 e. The molecule has 4 nitrogen and oxygen atoms in total. The molecule has 0 rings (SSSR count). The Morgan fingerprint density at radius 3 is 1.73 bits per heavy atom. The van der Waals surface area contributed by atoms with E-state index in [0.717, 1.165) is 0 Å². The van der Waals surface area contributed by atoms with Crippen LogP contribution in [0.25, 0.3) is 0 Å². The molecule has 1 unspecified atom stereocenters. The molecule has 0 aliphatic rings. The normalized spacial score (nSPS) is 16.1. The van der Waals surface area contributed by atoms with Gasteiger partial charge in [0.15, 0.2) is 11.3 Å². The van der Waals surface area contributed by atoms with Gasteiger partial charge in [-0.3, -0.25) is 9.69 Å². The highest BCUT2D eigenvalue weighted by Gasteiger charge is 2.40. The van der Waals surface area contributed by atoms with E-state index in [1.54, 1.807) is 14.1 Å². The van der Waals surface area contributed by atoms with Gasteiger partial charge in [-0.15, -0.1) is 0 Å². The summed E-state index contributed by atoms with van der Waals surface area (Å²) in [5, 5.41) is 8.71. The van der Waals surface area contributed by atoms with Crippen LogP contribution in [0.5, 0.6) is 0 Å². The van der Waals surface area contributed by atoms with Gasteiger partial charge in [0.25, 0.3) is 0 Å². The molecule has 0 fully saturated rings. The predicted octanol–water partition coefficient (Wildman–Crippen LogP) is -0.0197. The van der Waals surface area contributed by atoms with Crippen LogP contribution < -0.4 is 0 Å². The van der Waals surface area contributed by atoms with E-state index >= 15 is 0 Å². The van der Waals surface area contributed by atoms with E-state index in [1.807, 2.05) is 0 Å². The molecule has 0 aliphatic heterocycles. The molecule has 0 amide bonds. The lowest BCUT2D eigenvalue weighted by molar-refractivity contribution is -0.153. The number of nitrogens with zero attached hydrogens (tertiary/aromatic N) is 1. The molecule has 0 radical (unpaired) electrons. The lowest BCUT2D eigenvalue weighted by atomic mass is 9.96.